The molecule has 0 aromatic rings. The Balaban J connectivity index is 1.14. The molecule has 5 fully saturated rings. The van der Waals surface area contributed by atoms with Crippen LogP contribution in [0.3, 0.4) is 0 Å². The van der Waals surface area contributed by atoms with Gasteiger partial charge in [-0.15, -0.1) is 0 Å². The zero-order valence-corrected chi connectivity index (χ0v) is 24.7. The maximum atomic E-state index is 13.7. The number of fused-ring (bicyclic) bond motifs is 1. The van der Waals surface area contributed by atoms with E-state index in [9.17, 15) is 18.0 Å². The number of hydrogen-bond donors (Lipinski definition) is 2. The first-order chi connectivity index (χ1) is 18.8. The molecule has 1 saturated carbocycles. The summed E-state index contributed by atoms with van der Waals surface area (Å²) in [7, 11) is -1.99. The van der Waals surface area contributed by atoms with Crippen LogP contribution in [0.4, 0.5) is 4.79 Å². The zero-order chi connectivity index (χ0) is 27.6. The predicted molar refractivity (Wildman–Crippen MR) is 149 cm³/mol. The number of rotatable bonds is 5. The van der Waals surface area contributed by atoms with E-state index in [1.54, 1.807) is 4.31 Å². The lowest BCUT2D eigenvalue weighted by Crippen LogP contribution is -2.50. The van der Waals surface area contributed by atoms with Crippen molar-refractivity contribution in [3.63, 3.8) is 0 Å². The minimum absolute atomic E-state index is 0.00941. The summed E-state index contributed by atoms with van der Waals surface area (Å²) in [4.78, 5) is 27.3. The predicted octanol–water partition coefficient (Wildman–Crippen LogP) is 2.70. The number of ether oxygens (including phenoxy) is 1. The molecule has 10 nitrogen and oxygen atoms in total. The number of methoxy groups -OCH3 is 1. The Labute approximate surface area is 234 Å². The van der Waals surface area contributed by atoms with E-state index in [4.69, 9.17) is 0 Å². The number of alkyl carbamates (subject to hydrolysis) is 1. The SMILES string of the molecule is COC(=O)NC1CCC(S(=O)(=O)N2CCC(C3CCN4NC(C)C(C(=O)N5CCCCCC5)C4C3)CC2)CC1. The zero-order valence-electron chi connectivity index (χ0n) is 23.9. The largest absolute Gasteiger partial charge is 0.453 e. The highest BCUT2D eigenvalue weighted by Crippen LogP contribution is 2.41. The summed E-state index contributed by atoms with van der Waals surface area (Å²) in [5.74, 6) is 1.41. The van der Waals surface area contributed by atoms with Gasteiger partial charge >= 0.3 is 6.09 Å². The standard InChI is InChI=1S/C28H49N5O5S/c1-20-26(27(34)31-14-5-3-4-6-15-31)25-19-22(13-18-33(25)30-20)21-11-16-32(17-12-21)39(36,37)24-9-7-23(8-10-24)29-28(35)38-2/h20-26,30H,3-19H2,1-2H3,(H,29,35). The van der Waals surface area contributed by atoms with Crippen molar-refractivity contribution in [2.45, 2.75) is 107 Å². The molecule has 0 aromatic carbocycles. The van der Waals surface area contributed by atoms with E-state index in [-0.39, 0.29) is 29.3 Å². The molecule has 0 spiro atoms. The summed E-state index contributed by atoms with van der Waals surface area (Å²) in [6, 6.07) is 0.391. The van der Waals surface area contributed by atoms with Crippen LogP contribution in [0.5, 0.6) is 0 Å². The molecule has 4 aliphatic heterocycles. The molecule has 1 aliphatic carbocycles. The first-order valence-corrected chi connectivity index (χ1v) is 16.9. The van der Waals surface area contributed by atoms with E-state index < -0.39 is 16.1 Å². The third kappa shape index (κ3) is 6.41. The van der Waals surface area contributed by atoms with E-state index in [0.717, 1.165) is 58.2 Å². The van der Waals surface area contributed by atoms with Gasteiger partial charge in [-0.3, -0.25) is 10.2 Å². The second-order valence-corrected chi connectivity index (χ2v) is 14.8. The fourth-order valence-corrected chi connectivity index (χ4v) is 10.1. The van der Waals surface area contributed by atoms with Crippen molar-refractivity contribution >= 4 is 22.0 Å². The van der Waals surface area contributed by atoms with Crippen LogP contribution in [0.25, 0.3) is 0 Å². The highest BCUT2D eigenvalue weighted by molar-refractivity contribution is 7.89. The molecule has 2 N–H and O–H groups in total. The lowest BCUT2D eigenvalue weighted by Gasteiger charge is -2.43. The van der Waals surface area contributed by atoms with Crippen molar-refractivity contribution in [3.8, 4) is 0 Å². The molecule has 0 aromatic heterocycles. The smallest absolute Gasteiger partial charge is 0.407 e. The second kappa shape index (κ2) is 12.6. The van der Waals surface area contributed by atoms with Gasteiger partial charge in [0.2, 0.25) is 15.9 Å². The molecule has 11 heteroatoms. The van der Waals surface area contributed by atoms with E-state index in [1.165, 1.54) is 20.0 Å². The molecule has 4 saturated heterocycles. The minimum atomic E-state index is -3.33. The fourth-order valence-electron chi connectivity index (χ4n) is 8.05. The van der Waals surface area contributed by atoms with Crippen molar-refractivity contribution in [1.82, 2.24) is 25.0 Å². The van der Waals surface area contributed by atoms with Crippen LogP contribution in [0.2, 0.25) is 0 Å². The van der Waals surface area contributed by atoms with Gasteiger partial charge in [-0.25, -0.2) is 22.5 Å². The summed E-state index contributed by atoms with van der Waals surface area (Å²) in [5, 5.41) is 4.79. The number of sulfonamides is 1. The monoisotopic (exact) mass is 567 g/mol. The van der Waals surface area contributed by atoms with Gasteiger partial charge in [-0.2, -0.15) is 0 Å². The van der Waals surface area contributed by atoms with Crippen LogP contribution in [0.1, 0.15) is 84.0 Å². The summed E-state index contributed by atoms with van der Waals surface area (Å²) >= 11 is 0. The van der Waals surface area contributed by atoms with Crippen LogP contribution in [0, 0.1) is 17.8 Å². The lowest BCUT2D eigenvalue weighted by molar-refractivity contribution is -0.137. The number of amides is 2. The molecule has 0 bridgehead atoms. The highest BCUT2D eigenvalue weighted by atomic mass is 32.2. The van der Waals surface area contributed by atoms with E-state index in [0.29, 0.717) is 56.5 Å². The number of likely N-dealkylation sites (tertiary alicyclic amines) is 1. The topological polar surface area (TPSA) is 111 Å². The molecular weight excluding hydrogens is 518 g/mol. The Morgan fingerprint density at radius 1 is 0.846 bits per heavy atom. The van der Waals surface area contributed by atoms with Crippen LogP contribution in [-0.4, -0.2) is 97.8 Å². The van der Waals surface area contributed by atoms with Gasteiger partial charge in [0.1, 0.15) is 0 Å². The van der Waals surface area contributed by atoms with Crippen molar-refractivity contribution in [2.24, 2.45) is 17.8 Å². The fraction of sp³-hybridized carbons (Fsp3) is 0.929. The number of nitrogens with zero attached hydrogens (tertiary/aromatic N) is 3. The average Bonchev–Trinajstić information content (AvgIpc) is 3.08. The molecular formula is C28H49N5O5S. The van der Waals surface area contributed by atoms with Gasteiger partial charge in [-0.1, -0.05) is 12.8 Å². The number of carbonyl (C=O) groups is 2. The van der Waals surface area contributed by atoms with Gasteiger partial charge < -0.3 is 15.0 Å². The van der Waals surface area contributed by atoms with Crippen molar-refractivity contribution in [2.75, 3.05) is 39.8 Å². The van der Waals surface area contributed by atoms with Gasteiger partial charge in [0.15, 0.2) is 0 Å². The molecule has 5 rings (SSSR count). The molecule has 4 atom stereocenters. The second-order valence-electron chi connectivity index (χ2n) is 12.6. The maximum Gasteiger partial charge on any atom is 0.407 e. The van der Waals surface area contributed by atoms with Crippen LogP contribution in [0.15, 0.2) is 0 Å². The number of carbonyl (C=O) groups excluding carboxylic acids is 2. The Kier molecular flexibility index (Phi) is 9.40. The molecule has 5 aliphatic rings. The normalized spacial score (nSPS) is 35.7. The summed E-state index contributed by atoms with van der Waals surface area (Å²) in [6.45, 7) is 6.12. The van der Waals surface area contributed by atoms with E-state index in [1.807, 2.05) is 0 Å². The maximum absolute atomic E-state index is 13.7. The third-order valence-electron chi connectivity index (χ3n) is 10.3. The summed E-state index contributed by atoms with van der Waals surface area (Å²) in [5.41, 5.74) is 3.61. The van der Waals surface area contributed by atoms with Crippen LogP contribution < -0.4 is 10.7 Å². The molecule has 222 valence electrons. The van der Waals surface area contributed by atoms with Crippen molar-refractivity contribution in [3.05, 3.63) is 0 Å². The number of nitrogens with one attached hydrogen (secondary N) is 2. The molecule has 2 amide bonds. The third-order valence-corrected chi connectivity index (χ3v) is 12.7. The first kappa shape index (κ1) is 29.1. The van der Waals surface area contributed by atoms with Crippen molar-refractivity contribution in [1.29, 1.82) is 0 Å². The first-order valence-electron chi connectivity index (χ1n) is 15.4. The quantitative estimate of drug-likeness (QED) is 0.526. The van der Waals surface area contributed by atoms with Crippen molar-refractivity contribution < 1.29 is 22.7 Å². The van der Waals surface area contributed by atoms with Gasteiger partial charge in [0.05, 0.1) is 18.3 Å². The summed E-state index contributed by atoms with van der Waals surface area (Å²) < 4.78 is 33.3. The van der Waals surface area contributed by atoms with Crippen LogP contribution in [-0.2, 0) is 19.6 Å². The number of piperidine rings is 2. The number of hydrazine groups is 1. The highest BCUT2D eigenvalue weighted by Gasteiger charge is 2.49. The average molecular weight is 568 g/mol. The number of hydrogen-bond acceptors (Lipinski definition) is 7. The lowest BCUT2D eigenvalue weighted by atomic mass is 9.74. The molecule has 4 unspecified atom stereocenters. The minimum Gasteiger partial charge on any atom is -0.453 e. The van der Waals surface area contributed by atoms with E-state index >= 15 is 0 Å². The molecule has 4 heterocycles. The Bertz CT molecular complexity index is 955. The molecule has 0 radical (unpaired) electrons. The van der Waals surface area contributed by atoms with E-state index in [2.05, 4.69) is 32.3 Å². The van der Waals surface area contributed by atoms with Gasteiger partial charge in [0, 0.05) is 50.8 Å². The Morgan fingerprint density at radius 2 is 1.49 bits per heavy atom. The van der Waals surface area contributed by atoms with Gasteiger partial charge in [0.25, 0.3) is 0 Å². The Morgan fingerprint density at radius 3 is 2.13 bits per heavy atom. The van der Waals surface area contributed by atoms with Gasteiger partial charge in [-0.05, 0) is 83.0 Å². The van der Waals surface area contributed by atoms with Crippen LogP contribution >= 0.6 is 0 Å². The molecule has 39 heavy (non-hydrogen) atoms. The Hall–Kier alpha value is -1.43. The summed E-state index contributed by atoms with van der Waals surface area (Å²) in [6.07, 6.45) is 10.7.